The lowest BCUT2D eigenvalue weighted by Gasteiger charge is -2.42. The molecule has 1 saturated carbocycles. The monoisotopic (exact) mass is 367 g/mol. The average Bonchev–Trinajstić information content (AvgIpc) is 3.26. The number of hydrogen-bond acceptors (Lipinski definition) is 2. The highest BCUT2D eigenvalue weighted by Crippen LogP contribution is 2.54. The van der Waals surface area contributed by atoms with Crippen LogP contribution < -0.4 is 0 Å². The van der Waals surface area contributed by atoms with E-state index < -0.39 is 8.32 Å². The summed E-state index contributed by atoms with van der Waals surface area (Å²) in [6.45, 7) is 20.5. The van der Waals surface area contributed by atoms with Gasteiger partial charge in [-0.2, -0.15) is 0 Å². The highest BCUT2D eigenvalue weighted by Gasteiger charge is 2.56. The van der Waals surface area contributed by atoms with Gasteiger partial charge in [0.05, 0.1) is 0 Å². The average molecular weight is 368 g/mol. The van der Waals surface area contributed by atoms with Crippen LogP contribution in [0.1, 0.15) is 93.4 Å². The molecule has 0 radical (unpaired) electrons. The molecule has 2 atom stereocenters. The normalized spacial score (nSPS) is 28.3. The van der Waals surface area contributed by atoms with Crippen LogP contribution >= 0.6 is 0 Å². The Morgan fingerprint density at radius 3 is 2.00 bits per heavy atom. The quantitative estimate of drug-likeness (QED) is 0.403. The molecule has 1 aliphatic carbocycles. The van der Waals surface area contributed by atoms with Gasteiger partial charge in [0.15, 0.2) is 8.32 Å². The standard InChI is InChI=1S/C22H45NOSi/c1-8-13-22(23-14-10-9-11-15-23)17-21(22)12-16-24-25(18(2)3,19(4)5)20(6)7/h18-21H,8-17H2,1-7H3/t21-,22+/m1/s1. The van der Waals surface area contributed by atoms with Gasteiger partial charge >= 0.3 is 0 Å². The van der Waals surface area contributed by atoms with Crippen LogP contribution in [-0.2, 0) is 4.43 Å². The lowest BCUT2D eigenvalue weighted by atomic mass is 10.00. The second-order valence-electron chi connectivity index (χ2n) is 9.76. The summed E-state index contributed by atoms with van der Waals surface area (Å²) in [4.78, 5) is 2.86. The summed E-state index contributed by atoms with van der Waals surface area (Å²) in [5.74, 6) is 0.892. The number of likely N-dealkylation sites (tertiary alicyclic amines) is 1. The van der Waals surface area contributed by atoms with E-state index in [4.69, 9.17) is 4.43 Å². The molecule has 0 unspecified atom stereocenters. The molecule has 0 aromatic rings. The molecule has 0 bridgehead atoms. The summed E-state index contributed by atoms with van der Waals surface area (Å²) in [6, 6.07) is 0. The molecule has 1 heterocycles. The molecule has 1 saturated heterocycles. The fourth-order valence-electron chi connectivity index (χ4n) is 6.24. The van der Waals surface area contributed by atoms with E-state index in [1.807, 2.05) is 0 Å². The minimum absolute atomic E-state index is 0.552. The Morgan fingerprint density at radius 1 is 0.960 bits per heavy atom. The molecule has 2 aliphatic rings. The fourth-order valence-corrected chi connectivity index (χ4v) is 11.7. The maximum Gasteiger partial charge on any atom is 0.200 e. The van der Waals surface area contributed by atoms with Crippen molar-refractivity contribution in [2.24, 2.45) is 5.92 Å². The van der Waals surface area contributed by atoms with Gasteiger partial charge in [0.2, 0.25) is 0 Å². The van der Waals surface area contributed by atoms with E-state index in [1.165, 1.54) is 58.0 Å². The molecule has 0 aromatic heterocycles. The van der Waals surface area contributed by atoms with Gasteiger partial charge in [-0.1, -0.05) is 61.3 Å². The summed E-state index contributed by atoms with van der Waals surface area (Å²) >= 11 is 0. The predicted octanol–water partition coefficient (Wildman–Crippen LogP) is 6.61. The van der Waals surface area contributed by atoms with Crippen molar-refractivity contribution >= 4 is 8.32 Å². The van der Waals surface area contributed by atoms with Gasteiger partial charge in [0.25, 0.3) is 0 Å². The molecule has 25 heavy (non-hydrogen) atoms. The van der Waals surface area contributed by atoms with Crippen LogP contribution in [0.3, 0.4) is 0 Å². The highest BCUT2D eigenvalue weighted by atomic mass is 28.4. The molecule has 2 rings (SSSR count). The van der Waals surface area contributed by atoms with Crippen LogP contribution in [0.4, 0.5) is 0 Å². The van der Waals surface area contributed by atoms with Crippen molar-refractivity contribution in [1.82, 2.24) is 4.90 Å². The Balaban J connectivity index is 1.94. The van der Waals surface area contributed by atoms with E-state index in [1.54, 1.807) is 0 Å². The fraction of sp³-hybridized carbons (Fsp3) is 1.00. The van der Waals surface area contributed by atoms with Crippen molar-refractivity contribution in [1.29, 1.82) is 0 Å². The lowest BCUT2D eigenvalue weighted by molar-refractivity contribution is 0.118. The molecule has 2 fully saturated rings. The van der Waals surface area contributed by atoms with E-state index in [0.29, 0.717) is 22.2 Å². The van der Waals surface area contributed by atoms with Gasteiger partial charge in [0.1, 0.15) is 0 Å². The van der Waals surface area contributed by atoms with Gasteiger partial charge in [0, 0.05) is 12.1 Å². The zero-order chi connectivity index (χ0) is 18.7. The molecule has 0 aromatic carbocycles. The Labute approximate surface area is 159 Å². The highest BCUT2D eigenvalue weighted by molar-refractivity contribution is 6.77. The Kier molecular flexibility index (Phi) is 7.62. The van der Waals surface area contributed by atoms with E-state index in [2.05, 4.69) is 53.4 Å². The second-order valence-corrected chi connectivity index (χ2v) is 15.2. The van der Waals surface area contributed by atoms with Crippen molar-refractivity contribution < 1.29 is 4.43 Å². The first-order valence-electron chi connectivity index (χ1n) is 11.2. The van der Waals surface area contributed by atoms with Crippen molar-refractivity contribution in [2.75, 3.05) is 19.7 Å². The first-order chi connectivity index (χ1) is 11.8. The summed E-state index contributed by atoms with van der Waals surface area (Å²) in [7, 11) is -1.68. The van der Waals surface area contributed by atoms with Gasteiger partial charge in [-0.05, 0) is 67.7 Å². The third-order valence-corrected chi connectivity index (χ3v) is 13.5. The van der Waals surface area contributed by atoms with Crippen molar-refractivity contribution in [3.8, 4) is 0 Å². The van der Waals surface area contributed by atoms with Crippen LogP contribution in [0.15, 0.2) is 0 Å². The summed E-state index contributed by atoms with van der Waals surface area (Å²) in [5.41, 5.74) is 2.66. The molecule has 148 valence electrons. The largest absolute Gasteiger partial charge is 0.416 e. The molecule has 1 aliphatic heterocycles. The SMILES string of the molecule is CCC[C@]1(N2CCCCC2)C[C@H]1CCO[Si](C(C)C)(C(C)C)C(C)C. The van der Waals surface area contributed by atoms with Crippen LogP contribution in [0.25, 0.3) is 0 Å². The van der Waals surface area contributed by atoms with E-state index in [9.17, 15) is 0 Å². The topological polar surface area (TPSA) is 12.5 Å². The van der Waals surface area contributed by atoms with E-state index >= 15 is 0 Å². The van der Waals surface area contributed by atoms with Crippen molar-refractivity contribution in [3.63, 3.8) is 0 Å². The third kappa shape index (κ3) is 4.35. The first kappa shape index (κ1) is 21.4. The molecule has 0 spiro atoms. The molecule has 2 nitrogen and oxygen atoms in total. The minimum Gasteiger partial charge on any atom is -0.416 e. The lowest BCUT2D eigenvalue weighted by Crippen LogP contribution is -2.48. The number of hydrogen-bond donors (Lipinski definition) is 0. The van der Waals surface area contributed by atoms with Crippen LogP contribution in [0.5, 0.6) is 0 Å². The predicted molar refractivity (Wildman–Crippen MR) is 113 cm³/mol. The van der Waals surface area contributed by atoms with Crippen LogP contribution in [0.2, 0.25) is 16.6 Å². The van der Waals surface area contributed by atoms with Crippen molar-refractivity contribution in [3.05, 3.63) is 0 Å². The van der Waals surface area contributed by atoms with Crippen LogP contribution in [0, 0.1) is 5.92 Å². The van der Waals surface area contributed by atoms with Crippen molar-refractivity contribution in [2.45, 2.75) is 116 Å². The van der Waals surface area contributed by atoms with Crippen LogP contribution in [-0.4, -0.2) is 38.5 Å². The van der Waals surface area contributed by atoms with Gasteiger partial charge in [-0.25, -0.2) is 0 Å². The maximum atomic E-state index is 6.84. The minimum atomic E-state index is -1.68. The number of nitrogens with zero attached hydrogens (tertiary/aromatic N) is 1. The maximum absolute atomic E-state index is 6.84. The number of piperidine rings is 1. The summed E-state index contributed by atoms with van der Waals surface area (Å²) in [5, 5.41) is 0. The van der Waals surface area contributed by atoms with Gasteiger partial charge in [-0.3, -0.25) is 4.90 Å². The molecule has 3 heteroatoms. The smallest absolute Gasteiger partial charge is 0.200 e. The van der Waals surface area contributed by atoms with Gasteiger partial charge in [-0.15, -0.1) is 0 Å². The van der Waals surface area contributed by atoms with Gasteiger partial charge < -0.3 is 4.43 Å². The molecular weight excluding hydrogens is 322 g/mol. The first-order valence-corrected chi connectivity index (χ1v) is 13.3. The third-order valence-electron chi connectivity index (χ3n) is 7.39. The van der Waals surface area contributed by atoms with E-state index in [0.717, 1.165) is 12.5 Å². The Bertz CT molecular complexity index is 381. The second kappa shape index (κ2) is 8.88. The summed E-state index contributed by atoms with van der Waals surface area (Å²) in [6.07, 6.45) is 9.73. The number of rotatable bonds is 10. The Hall–Kier alpha value is 0.137. The molecular formula is C22H45NOSi. The molecule has 0 amide bonds. The van der Waals surface area contributed by atoms with E-state index in [-0.39, 0.29) is 0 Å². The summed E-state index contributed by atoms with van der Waals surface area (Å²) < 4.78 is 6.84. The molecule has 0 N–H and O–H groups in total. The zero-order valence-corrected chi connectivity index (χ0v) is 19.2. The zero-order valence-electron chi connectivity index (χ0n) is 18.2. The Morgan fingerprint density at radius 2 is 1.52 bits per heavy atom.